The molecule has 0 radical (unpaired) electrons. The molecular formula is C12H16F4N2. The van der Waals surface area contributed by atoms with Gasteiger partial charge in [-0.25, -0.2) is 4.39 Å². The summed E-state index contributed by atoms with van der Waals surface area (Å²) in [6.07, 6.45) is -3.95. The number of benzene rings is 1. The molecule has 0 bridgehead atoms. The van der Waals surface area contributed by atoms with Gasteiger partial charge in [-0.1, -0.05) is 18.2 Å². The summed E-state index contributed by atoms with van der Waals surface area (Å²) in [7, 11) is 1.36. The second-order valence-electron chi connectivity index (χ2n) is 4.27. The van der Waals surface area contributed by atoms with Gasteiger partial charge in [-0.2, -0.15) is 13.2 Å². The third kappa shape index (κ3) is 5.01. The maximum atomic E-state index is 13.4. The highest BCUT2D eigenvalue weighted by atomic mass is 19.4. The van der Waals surface area contributed by atoms with Crippen LogP contribution in [0.1, 0.15) is 18.0 Å². The van der Waals surface area contributed by atoms with Crippen LogP contribution >= 0.6 is 0 Å². The highest BCUT2D eigenvalue weighted by Gasteiger charge is 2.29. The average Bonchev–Trinajstić information content (AvgIpc) is 2.24. The first-order chi connectivity index (χ1) is 8.29. The Morgan fingerprint density at radius 2 is 1.89 bits per heavy atom. The second kappa shape index (κ2) is 6.15. The smallest absolute Gasteiger partial charge is 0.324 e. The van der Waals surface area contributed by atoms with Crippen LogP contribution in [-0.4, -0.2) is 31.2 Å². The van der Waals surface area contributed by atoms with Gasteiger partial charge < -0.3 is 5.73 Å². The first kappa shape index (κ1) is 14.9. The predicted molar refractivity (Wildman–Crippen MR) is 61.5 cm³/mol. The van der Waals surface area contributed by atoms with E-state index < -0.39 is 24.6 Å². The molecule has 1 atom stereocenters. The van der Waals surface area contributed by atoms with E-state index in [4.69, 9.17) is 5.73 Å². The van der Waals surface area contributed by atoms with Crippen molar-refractivity contribution < 1.29 is 17.6 Å². The Morgan fingerprint density at radius 3 is 2.44 bits per heavy atom. The van der Waals surface area contributed by atoms with Crippen molar-refractivity contribution in [2.45, 2.75) is 18.6 Å². The first-order valence-electron chi connectivity index (χ1n) is 5.55. The Labute approximate surface area is 103 Å². The van der Waals surface area contributed by atoms with Gasteiger partial charge in [0, 0.05) is 11.6 Å². The monoisotopic (exact) mass is 264 g/mol. The van der Waals surface area contributed by atoms with Gasteiger partial charge in [-0.15, -0.1) is 0 Å². The lowest BCUT2D eigenvalue weighted by atomic mass is 10.0. The molecule has 1 aromatic carbocycles. The lowest BCUT2D eigenvalue weighted by Crippen LogP contribution is -2.33. The third-order valence-corrected chi connectivity index (χ3v) is 2.58. The SMILES string of the molecule is CN(CCC(N)c1ccccc1F)CC(F)(F)F. The minimum atomic E-state index is -4.23. The fraction of sp³-hybridized carbons (Fsp3) is 0.500. The van der Waals surface area contributed by atoms with E-state index >= 15 is 0 Å². The molecule has 0 fully saturated rings. The van der Waals surface area contributed by atoms with Crippen molar-refractivity contribution >= 4 is 0 Å². The molecule has 0 saturated carbocycles. The lowest BCUT2D eigenvalue weighted by Gasteiger charge is -2.20. The minimum Gasteiger partial charge on any atom is -0.324 e. The summed E-state index contributed by atoms with van der Waals surface area (Å²) in [6, 6.07) is 5.43. The Bertz CT molecular complexity index is 379. The summed E-state index contributed by atoms with van der Waals surface area (Å²) in [5.74, 6) is -0.427. The summed E-state index contributed by atoms with van der Waals surface area (Å²) < 4.78 is 49.6. The Balaban J connectivity index is 2.47. The maximum Gasteiger partial charge on any atom is 0.401 e. The molecule has 0 amide bonds. The van der Waals surface area contributed by atoms with E-state index in [1.807, 2.05) is 0 Å². The summed E-state index contributed by atoms with van der Waals surface area (Å²) in [5.41, 5.74) is 6.09. The number of nitrogens with two attached hydrogens (primary N) is 1. The first-order valence-corrected chi connectivity index (χ1v) is 5.55. The Morgan fingerprint density at radius 1 is 1.28 bits per heavy atom. The molecule has 0 heterocycles. The number of alkyl halides is 3. The molecule has 0 spiro atoms. The third-order valence-electron chi connectivity index (χ3n) is 2.58. The molecule has 2 nitrogen and oxygen atoms in total. The second-order valence-corrected chi connectivity index (χ2v) is 4.27. The van der Waals surface area contributed by atoms with Crippen LogP contribution in [0.3, 0.4) is 0 Å². The molecule has 0 aliphatic rings. The summed E-state index contributed by atoms with van der Waals surface area (Å²) in [4.78, 5) is 1.13. The van der Waals surface area contributed by atoms with Gasteiger partial charge in [0.25, 0.3) is 0 Å². The van der Waals surface area contributed by atoms with Crippen molar-refractivity contribution in [3.63, 3.8) is 0 Å². The van der Waals surface area contributed by atoms with Crippen LogP contribution in [0.15, 0.2) is 24.3 Å². The van der Waals surface area contributed by atoms with E-state index in [1.165, 1.54) is 13.1 Å². The van der Waals surface area contributed by atoms with Crippen LogP contribution in [0.4, 0.5) is 17.6 Å². The van der Waals surface area contributed by atoms with E-state index in [-0.39, 0.29) is 13.0 Å². The van der Waals surface area contributed by atoms with Crippen molar-refractivity contribution in [1.29, 1.82) is 0 Å². The molecular weight excluding hydrogens is 248 g/mol. The van der Waals surface area contributed by atoms with Crippen LogP contribution in [0.25, 0.3) is 0 Å². The Kier molecular flexibility index (Phi) is 5.10. The molecule has 6 heteroatoms. The average molecular weight is 264 g/mol. The standard InChI is InChI=1S/C12H16F4N2/c1-18(8-12(14,15)16)7-6-11(17)9-4-2-3-5-10(9)13/h2-5,11H,6-8,17H2,1H3. The van der Waals surface area contributed by atoms with Gasteiger partial charge in [0.15, 0.2) is 0 Å². The molecule has 1 unspecified atom stereocenters. The molecule has 18 heavy (non-hydrogen) atoms. The van der Waals surface area contributed by atoms with Gasteiger partial charge >= 0.3 is 6.18 Å². The maximum absolute atomic E-state index is 13.4. The van der Waals surface area contributed by atoms with E-state index in [0.717, 1.165) is 4.90 Å². The van der Waals surface area contributed by atoms with Crippen LogP contribution < -0.4 is 5.73 Å². The summed E-state index contributed by atoms with van der Waals surface area (Å²) in [6.45, 7) is -0.827. The normalized spacial score (nSPS) is 13.9. The van der Waals surface area contributed by atoms with Crippen molar-refractivity contribution in [2.75, 3.05) is 20.1 Å². The number of hydrogen-bond donors (Lipinski definition) is 1. The molecule has 2 N–H and O–H groups in total. The lowest BCUT2D eigenvalue weighted by molar-refractivity contribution is -0.143. The Hall–Kier alpha value is -1.14. The van der Waals surface area contributed by atoms with Crippen LogP contribution in [-0.2, 0) is 0 Å². The number of rotatable bonds is 5. The molecule has 0 aliphatic carbocycles. The van der Waals surface area contributed by atoms with Crippen LogP contribution in [0.5, 0.6) is 0 Å². The zero-order valence-corrected chi connectivity index (χ0v) is 10.0. The molecule has 0 aliphatic heterocycles. The van der Waals surface area contributed by atoms with Gasteiger partial charge in [0.05, 0.1) is 6.54 Å². The van der Waals surface area contributed by atoms with Crippen molar-refractivity contribution in [3.8, 4) is 0 Å². The molecule has 0 aromatic heterocycles. The summed E-state index contributed by atoms with van der Waals surface area (Å²) in [5, 5.41) is 0. The van der Waals surface area contributed by atoms with Crippen molar-refractivity contribution in [2.24, 2.45) is 5.73 Å². The van der Waals surface area contributed by atoms with Gasteiger partial charge in [0.2, 0.25) is 0 Å². The predicted octanol–water partition coefficient (Wildman–Crippen LogP) is 2.71. The molecule has 0 saturated heterocycles. The molecule has 1 rings (SSSR count). The summed E-state index contributed by atoms with van der Waals surface area (Å²) >= 11 is 0. The van der Waals surface area contributed by atoms with E-state index in [0.29, 0.717) is 5.56 Å². The minimum absolute atomic E-state index is 0.162. The van der Waals surface area contributed by atoms with Crippen molar-refractivity contribution in [1.82, 2.24) is 4.90 Å². The topological polar surface area (TPSA) is 29.3 Å². The molecule has 1 aromatic rings. The number of halogens is 4. The van der Waals surface area contributed by atoms with E-state index in [1.54, 1.807) is 18.2 Å². The van der Waals surface area contributed by atoms with E-state index in [2.05, 4.69) is 0 Å². The van der Waals surface area contributed by atoms with Gasteiger partial charge in [-0.05, 0) is 26.1 Å². The quantitative estimate of drug-likeness (QED) is 0.828. The fourth-order valence-electron chi connectivity index (χ4n) is 1.68. The zero-order valence-electron chi connectivity index (χ0n) is 10.0. The van der Waals surface area contributed by atoms with Gasteiger partial charge in [-0.3, -0.25) is 4.90 Å². The highest BCUT2D eigenvalue weighted by Crippen LogP contribution is 2.19. The van der Waals surface area contributed by atoms with Crippen molar-refractivity contribution in [3.05, 3.63) is 35.6 Å². The molecule has 102 valence electrons. The largest absolute Gasteiger partial charge is 0.401 e. The van der Waals surface area contributed by atoms with E-state index in [9.17, 15) is 17.6 Å². The fourth-order valence-corrected chi connectivity index (χ4v) is 1.68. The number of hydrogen-bond acceptors (Lipinski definition) is 2. The highest BCUT2D eigenvalue weighted by molar-refractivity contribution is 5.20. The van der Waals surface area contributed by atoms with Crippen LogP contribution in [0, 0.1) is 5.82 Å². The zero-order chi connectivity index (χ0) is 13.8. The number of nitrogens with zero attached hydrogens (tertiary/aromatic N) is 1. The van der Waals surface area contributed by atoms with Crippen LogP contribution in [0.2, 0.25) is 0 Å². The van der Waals surface area contributed by atoms with Gasteiger partial charge in [0.1, 0.15) is 5.82 Å².